The number of hydrogen-bond acceptors (Lipinski definition) is 4. The second-order valence-corrected chi connectivity index (χ2v) is 6.37. The first-order valence-corrected chi connectivity index (χ1v) is 7.84. The minimum atomic E-state index is -4.55. The normalized spacial score (nSPS) is 21.6. The smallest absolute Gasteiger partial charge is 0.393 e. The molecule has 1 saturated heterocycles. The number of aliphatic carboxylic acids is 1. The maximum absolute atomic E-state index is 13.0. The summed E-state index contributed by atoms with van der Waals surface area (Å²) < 4.78 is 44.4. The number of carbonyl (C=O) groups is 1. The molecule has 0 radical (unpaired) electrons. The monoisotopic (exact) mass is 374 g/mol. The molecule has 0 saturated carbocycles. The zero-order valence-corrected chi connectivity index (χ0v) is 13.6. The second kappa shape index (κ2) is 6.68. The molecule has 0 unspecified atom stereocenters. The molecule has 1 aliphatic heterocycles. The lowest BCUT2D eigenvalue weighted by Gasteiger charge is -2.18. The van der Waals surface area contributed by atoms with E-state index in [1.807, 2.05) is 0 Å². The molecule has 25 heavy (non-hydrogen) atoms. The van der Waals surface area contributed by atoms with Crippen LogP contribution < -0.4 is 0 Å². The molecule has 134 valence electrons. The first kappa shape index (κ1) is 17.8. The third-order valence-electron chi connectivity index (χ3n) is 4.16. The van der Waals surface area contributed by atoms with Gasteiger partial charge in [-0.3, -0.25) is 9.69 Å². The van der Waals surface area contributed by atoms with Crippen LogP contribution in [0.5, 0.6) is 0 Å². The molecule has 1 aliphatic rings. The van der Waals surface area contributed by atoms with Crippen LogP contribution >= 0.6 is 11.6 Å². The van der Waals surface area contributed by atoms with Crippen LogP contribution in [0.2, 0.25) is 5.02 Å². The summed E-state index contributed by atoms with van der Waals surface area (Å²) in [6.45, 7) is -0.459. The molecule has 1 fully saturated rings. The van der Waals surface area contributed by atoms with Crippen LogP contribution in [0.4, 0.5) is 13.2 Å². The Morgan fingerprint density at radius 2 is 2.00 bits per heavy atom. The quantitative estimate of drug-likeness (QED) is 0.884. The predicted octanol–water partition coefficient (Wildman–Crippen LogP) is 3.69. The number of oxazole rings is 1. The zero-order valence-electron chi connectivity index (χ0n) is 12.8. The molecule has 1 N–H and O–H groups in total. The fraction of sp³-hybridized carbons (Fsp3) is 0.375. The van der Waals surface area contributed by atoms with Gasteiger partial charge in [0.15, 0.2) is 0 Å². The summed E-state index contributed by atoms with van der Waals surface area (Å²) in [5.74, 6) is -4.46. The molecule has 0 aliphatic carbocycles. The minimum absolute atomic E-state index is 0.0907. The van der Waals surface area contributed by atoms with E-state index in [9.17, 15) is 18.0 Å². The van der Waals surface area contributed by atoms with Crippen molar-refractivity contribution >= 4 is 17.6 Å². The molecule has 0 spiro atoms. The van der Waals surface area contributed by atoms with Crippen molar-refractivity contribution in [3.63, 3.8) is 0 Å². The van der Waals surface area contributed by atoms with Gasteiger partial charge in [-0.15, -0.1) is 0 Å². The highest BCUT2D eigenvalue weighted by Gasteiger charge is 2.52. The van der Waals surface area contributed by atoms with Gasteiger partial charge in [0.1, 0.15) is 6.26 Å². The summed E-state index contributed by atoms with van der Waals surface area (Å²) in [5.41, 5.74) is 1.13. The van der Waals surface area contributed by atoms with E-state index in [1.165, 1.54) is 11.2 Å². The standard InChI is InChI=1S/C16H14ClF3N2O3/c17-10-3-1-9(2-4-10)14-21-11(8-25-14)5-22-6-12(15(23)24)13(7-22)16(18,19)20/h1-4,8,12-13H,5-7H2,(H,23,24)/t12-,13-/m1/s1. The fourth-order valence-electron chi connectivity index (χ4n) is 2.93. The molecule has 9 heteroatoms. The van der Waals surface area contributed by atoms with E-state index in [0.29, 0.717) is 22.2 Å². The highest BCUT2D eigenvalue weighted by molar-refractivity contribution is 6.30. The average molecular weight is 375 g/mol. The van der Waals surface area contributed by atoms with Crippen molar-refractivity contribution in [3.8, 4) is 11.5 Å². The van der Waals surface area contributed by atoms with E-state index in [-0.39, 0.29) is 19.6 Å². The van der Waals surface area contributed by atoms with Gasteiger partial charge in [0.05, 0.1) is 17.5 Å². The highest BCUT2D eigenvalue weighted by Crippen LogP contribution is 2.38. The third-order valence-corrected chi connectivity index (χ3v) is 4.41. The van der Waals surface area contributed by atoms with Crippen LogP contribution in [-0.2, 0) is 11.3 Å². The van der Waals surface area contributed by atoms with Gasteiger partial charge in [0.25, 0.3) is 0 Å². The van der Waals surface area contributed by atoms with Crippen LogP contribution in [-0.4, -0.2) is 40.2 Å². The van der Waals surface area contributed by atoms with Crippen LogP contribution in [0.25, 0.3) is 11.5 Å². The van der Waals surface area contributed by atoms with Crippen molar-refractivity contribution in [2.24, 2.45) is 11.8 Å². The van der Waals surface area contributed by atoms with Gasteiger partial charge in [0, 0.05) is 30.2 Å². The van der Waals surface area contributed by atoms with Crippen LogP contribution in [0.3, 0.4) is 0 Å². The van der Waals surface area contributed by atoms with Crippen molar-refractivity contribution in [3.05, 3.63) is 41.2 Å². The maximum atomic E-state index is 13.0. The summed E-state index contributed by atoms with van der Waals surface area (Å²) >= 11 is 5.81. The third kappa shape index (κ3) is 3.96. The lowest BCUT2D eigenvalue weighted by atomic mass is 9.96. The van der Waals surface area contributed by atoms with Crippen LogP contribution in [0.15, 0.2) is 34.9 Å². The van der Waals surface area contributed by atoms with Gasteiger partial charge in [-0.1, -0.05) is 11.6 Å². The molecule has 2 aromatic rings. The van der Waals surface area contributed by atoms with E-state index >= 15 is 0 Å². The molecule has 0 amide bonds. The van der Waals surface area contributed by atoms with Gasteiger partial charge in [0.2, 0.25) is 5.89 Å². The number of likely N-dealkylation sites (tertiary alicyclic amines) is 1. The number of carboxylic acids is 1. The number of carboxylic acid groups (broad SMARTS) is 1. The zero-order chi connectivity index (χ0) is 18.2. The SMILES string of the molecule is O=C(O)[C@@H]1CN(Cc2coc(-c3ccc(Cl)cc3)n2)C[C@H]1C(F)(F)F. The molecule has 3 rings (SSSR count). The molecule has 2 atom stereocenters. The maximum Gasteiger partial charge on any atom is 0.393 e. The van der Waals surface area contributed by atoms with Crippen LogP contribution in [0, 0.1) is 11.8 Å². The Balaban J connectivity index is 1.71. The van der Waals surface area contributed by atoms with Crippen molar-refractivity contribution in [1.82, 2.24) is 9.88 Å². The second-order valence-electron chi connectivity index (χ2n) is 5.94. The molecular formula is C16H14ClF3N2O3. The number of halogens is 4. The molecule has 2 heterocycles. The minimum Gasteiger partial charge on any atom is -0.481 e. The first-order valence-electron chi connectivity index (χ1n) is 7.46. The number of benzene rings is 1. The number of alkyl halides is 3. The summed E-state index contributed by atoms with van der Waals surface area (Å²) in [4.78, 5) is 16.8. The van der Waals surface area contributed by atoms with E-state index in [2.05, 4.69) is 4.98 Å². The van der Waals surface area contributed by atoms with Crippen molar-refractivity contribution in [1.29, 1.82) is 0 Å². The van der Waals surface area contributed by atoms with Crippen molar-refractivity contribution < 1.29 is 27.5 Å². The number of rotatable bonds is 4. The summed E-state index contributed by atoms with van der Waals surface area (Å²) in [5, 5.41) is 9.60. The Bertz CT molecular complexity index is 761. The molecule has 0 bridgehead atoms. The Morgan fingerprint density at radius 1 is 1.32 bits per heavy atom. The van der Waals surface area contributed by atoms with Gasteiger partial charge >= 0.3 is 12.1 Å². The van der Waals surface area contributed by atoms with E-state index in [4.69, 9.17) is 21.1 Å². The Hall–Kier alpha value is -2.06. The highest BCUT2D eigenvalue weighted by atomic mass is 35.5. The Morgan fingerprint density at radius 3 is 2.56 bits per heavy atom. The number of hydrogen-bond donors (Lipinski definition) is 1. The van der Waals surface area contributed by atoms with Crippen molar-refractivity contribution in [2.75, 3.05) is 13.1 Å². The van der Waals surface area contributed by atoms with E-state index in [0.717, 1.165) is 0 Å². The van der Waals surface area contributed by atoms with Crippen molar-refractivity contribution in [2.45, 2.75) is 12.7 Å². The van der Waals surface area contributed by atoms with E-state index < -0.39 is 24.0 Å². The predicted molar refractivity (Wildman–Crippen MR) is 82.9 cm³/mol. The summed E-state index contributed by atoms with van der Waals surface area (Å²) in [6, 6.07) is 6.78. The lowest BCUT2D eigenvalue weighted by molar-refractivity contribution is -0.188. The topological polar surface area (TPSA) is 66.6 Å². The van der Waals surface area contributed by atoms with Crippen LogP contribution in [0.1, 0.15) is 5.69 Å². The Kier molecular flexibility index (Phi) is 4.75. The number of aromatic nitrogens is 1. The van der Waals surface area contributed by atoms with Gasteiger partial charge in [-0.2, -0.15) is 13.2 Å². The molecule has 1 aromatic heterocycles. The summed E-state index contributed by atoms with van der Waals surface area (Å²) in [7, 11) is 0. The lowest BCUT2D eigenvalue weighted by Crippen LogP contribution is -2.33. The molecule has 1 aromatic carbocycles. The fourth-order valence-corrected chi connectivity index (χ4v) is 3.06. The Labute approximate surface area is 146 Å². The number of nitrogens with zero attached hydrogens (tertiary/aromatic N) is 2. The largest absolute Gasteiger partial charge is 0.481 e. The molecule has 5 nitrogen and oxygen atoms in total. The first-order chi connectivity index (χ1) is 11.7. The molecular weight excluding hydrogens is 361 g/mol. The summed E-state index contributed by atoms with van der Waals surface area (Å²) in [6.07, 6.45) is -3.18. The van der Waals surface area contributed by atoms with Gasteiger partial charge in [-0.05, 0) is 24.3 Å². The van der Waals surface area contributed by atoms with Gasteiger partial charge < -0.3 is 9.52 Å². The average Bonchev–Trinajstić information content (AvgIpc) is 3.15. The van der Waals surface area contributed by atoms with Gasteiger partial charge in [-0.25, -0.2) is 4.98 Å². The van der Waals surface area contributed by atoms with E-state index in [1.54, 1.807) is 24.3 Å².